The summed E-state index contributed by atoms with van der Waals surface area (Å²) < 4.78 is 32.7. The number of anilines is 1. The smallest absolute Gasteiger partial charge is 0.257 e. The van der Waals surface area contributed by atoms with Gasteiger partial charge in [-0.3, -0.25) is 20.4 Å². The molecular weight excluding hydrogens is 420 g/mol. The fourth-order valence-electron chi connectivity index (χ4n) is 2.59. The van der Waals surface area contributed by atoms with E-state index in [0.717, 1.165) is 11.3 Å². The van der Waals surface area contributed by atoms with Crippen molar-refractivity contribution in [2.75, 3.05) is 19.0 Å². The van der Waals surface area contributed by atoms with Crippen molar-refractivity contribution in [3.63, 3.8) is 0 Å². The molecule has 9 nitrogen and oxygen atoms in total. The summed E-state index contributed by atoms with van der Waals surface area (Å²) in [5.74, 6) is -1.00. The minimum absolute atomic E-state index is 0.00177. The summed E-state index contributed by atoms with van der Waals surface area (Å²) in [4.78, 5) is 24.5. The molecule has 2 aromatic rings. The van der Waals surface area contributed by atoms with Gasteiger partial charge < -0.3 is 10.1 Å². The van der Waals surface area contributed by atoms with Gasteiger partial charge in [0.15, 0.2) is 0 Å². The Balaban J connectivity index is 1.93. The fourth-order valence-corrected chi connectivity index (χ4v) is 3.93. The van der Waals surface area contributed by atoms with E-state index in [1.807, 2.05) is 31.2 Å². The van der Waals surface area contributed by atoms with Crippen LogP contribution in [0.2, 0.25) is 0 Å². The van der Waals surface area contributed by atoms with Crippen LogP contribution in [-0.2, 0) is 19.6 Å². The summed E-state index contributed by atoms with van der Waals surface area (Å²) in [7, 11) is -2.48. The SMILES string of the molecule is COc1ccc(S(=O)(=O)N[C@H](C(=O)NNC(=O)CNc2ccc(C)cc2)C(C)C)cc1. The average Bonchev–Trinajstić information content (AvgIpc) is 2.75. The van der Waals surface area contributed by atoms with Gasteiger partial charge in [-0.1, -0.05) is 31.5 Å². The van der Waals surface area contributed by atoms with Crippen LogP contribution in [0.4, 0.5) is 5.69 Å². The third kappa shape index (κ3) is 7.26. The number of hydrogen-bond donors (Lipinski definition) is 4. The second-order valence-electron chi connectivity index (χ2n) is 7.28. The highest BCUT2D eigenvalue weighted by atomic mass is 32.2. The van der Waals surface area contributed by atoms with Crippen LogP contribution in [0.3, 0.4) is 0 Å². The first kappa shape index (κ1) is 24.2. The monoisotopic (exact) mass is 448 g/mol. The van der Waals surface area contributed by atoms with Crippen molar-refractivity contribution in [3.05, 3.63) is 54.1 Å². The van der Waals surface area contributed by atoms with E-state index in [-0.39, 0.29) is 17.4 Å². The number of carbonyl (C=O) groups is 2. The van der Waals surface area contributed by atoms with E-state index in [1.165, 1.54) is 31.4 Å². The molecule has 0 aromatic heterocycles. The number of aryl methyl sites for hydroxylation is 1. The fraction of sp³-hybridized carbons (Fsp3) is 0.333. The summed E-state index contributed by atoms with van der Waals surface area (Å²) in [5, 5.41) is 2.93. The van der Waals surface area contributed by atoms with Crippen LogP contribution in [0.15, 0.2) is 53.4 Å². The number of hydrogen-bond acceptors (Lipinski definition) is 6. The van der Waals surface area contributed by atoms with Gasteiger partial charge in [0, 0.05) is 5.69 Å². The van der Waals surface area contributed by atoms with Gasteiger partial charge in [-0.15, -0.1) is 0 Å². The molecule has 2 amide bonds. The van der Waals surface area contributed by atoms with Gasteiger partial charge in [0.25, 0.3) is 11.8 Å². The molecule has 0 unspecified atom stereocenters. The predicted molar refractivity (Wildman–Crippen MR) is 118 cm³/mol. The molecule has 4 N–H and O–H groups in total. The van der Waals surface area contributed by atoms with Gasteiger partial charge in [0.05, 0.1) is 18.6 Å². The van der Waals surface area contributed by atoms with E-state index < -0.39 is 27.9 Å². The Hall–Kier alpha value is -3.11. The number of nitrogens with one attached hydrogen (secondary N) is 4. The van der Waals surface area contributed by atoms with E-state index in [9.17, 15) is 18.0 Å². The van der Waals surface area contributed by atoms with Crippen LogP contribution in [0.25, 0.3) is 0 Å². The Labute approximate surface area is 182 Å². The second kappa shape index (κ2) is 10.8. The van der Waals surface area contributed by atoms with Gasteiger partial charge >= 0.3 is 0 Å². The minimum Gasteiger partial charge on any atom is -0.497 e. The number of benzene rings is 2. The number of rotatable bonds is 9. The number of methoxy groups -OCH3 is 1. The minimum atomic E-state index is -3.95. The Kier molecular flexibility index (Phi) is 8.40. The molecule has 1 atom stereocenters. The molecule has 0 heterocycles. The summed E-state index contributed by atoms with van der Waals surface area (Å²) in [5.41, 5.74) is 6.42. The maximum atomic E-state index is 12.6. The second-order valence-corrected chi connectivity index (χ2v) is 8.99. The van der Waals surface area contributed by atoms with E-state index >= 15 is 0 Å². The van der Waals surface area contributed by atoms with Crippen LogP contribution >= 0.6 is 0 Å². The molecule has 0 spiro atoms. The van der Waals surface area contributed by atoms with Gasteiger partial charge in [-0.25, -0.2) is 8.42 Å². The first-order valence-corrected chi connectivity index (χ1v) is 11.2. The normalized spacial score (nSPS) is 12.2. The Morgan fingerprint density at radius 2 is 1.58 bits per heavy atom. The van der Waals surface area contributed by atoms with E-state index in [2.05, 4.69) is 20.9 Å². The topological polar surface area (TPSA) is 126 Å². The van der Waals surface area contributed by atoms with Gasteiger partial charge in [0.1, 0.15) is 11.8 Å². The zero-order valence-electron chi connectivity index (χ0n) is 17.9. The quantitative estimate of drug-likeness (QED) is 0.432. The van der Waals surface area contributed by atoms with Crippen molar-refractivity contribution < 1.29 is 22.7 Å². The first-order valence-electron chi connectivity index (χ1n) is 9.68. The molecule has 0 fully saturated rings. The highest BCUT2D eigenvalue weighted by Crippen LogP contribution is 2.16. The van der Waals surface area contributed by atoms with E-state index in [4.69, 9.17) is 4.74 Å². The van der Waals surface area contributed by atoms with Gasteiger partial charge in [-0.2, -0.15) is 4.72 Å². The zero-order chi connectivity index (χ0) is 23.0. The van der Waals surface area contributed by atoms with Crippen LogP contribution in [0.1, 0.15) is 19.4 Å². The highest BCUT2D eigenvalue weighted by Gasteiger charge is 2.28. The predicted octanol–water partition coefficient (Wildman–Crippen LogP) is 1.57. The Morgan fingerprint density at radius 3 is 2.13 bits per heavy atom. The van der Waals surface area contributed by atoms with Crippen LogP contribution in [0, 0.1) is 12.8 Å². The molecular formula is C21H28N4O5S. The molecule has 10 heteroatoms. The number of carbonyl (C=O) groups excluding carboxylic acids is 2. The summed E-state index contributed by atoms with van der Waals surface area (Å²) >= 11 is 0. The lowest BCUT2D eigenvalue weighted by molar-refractivity contribution is -0.129. The number of amides is 2. The zero-order valence-corrected chi connectivity index (χ0v) is 18.7. The van der Waals surface area contributed by atoms with E-state index in [0.29, 0.717) is 5.75 Å². The molecule has 0 saturated carbocycles. The molecule has 2 rings (SSSR count). The molecule has 0 aliphatic rings. The number of hydrazine groups is 1. The lowest BCUT2D eigenvalue weighted by atomic mass is 10.1. The number of sulfonamides is 1. The van der Waals surface area contributed by atoms with E-state index in [1.54, 1.807) is 13.8 Å². The van der Waals surface area contributed by atoms with Crippen molar-refractivity contribution in [2.24, 2.45) is 5.92 Å². The summed E-state index contributed by atoms with van der Waals surface area (Å²) in [6.07, 6.45) is 0. The van der Waals surface area contributed by atoms with Crippen LogP contribution in [-0.4, -0.2) is 39.9 Å². The lowest BCUT2D eigenvalue weighted by Gasteiger charge is -2.22. The first-order chi connectivity index (χ1) is 14.6. The summed E-state index contributed by atoms with van der Waals surface area (Å²) in [6.45, 7) is 5.29. The maximum Gasteiger partial charge on any atom is 0.257 e. The van der Waals surface area contributed by atoms with Gasteiger partial charge in [-0.05, 0) is 49.2 Å². The largest absolute Gasteiger partial charge is 0.497 e. The molecule has 0 aliphatic heterocycles. The number of ether oxygens (including phenoxy) is 1. The van der Waals surface area contributed by atoms with Crippen LogP contribution < -0.4 is 25.6 Å². The lowest BCUT2D eigenvalue weighted by Crippen LogP contribution is -2.54. The average molecular weight is 449 g/mol. The van der Waals surface area contributed by atoms with Crippen molar-refractivity contribution in [2.45, 2.75) is 31.7 Å². The molecule has 31 heavy (non-hydrogen) atoms. The standard InChI is InChI=1S/C21H28N4O5S/c1-14(2)20(25-31(28,29)18-11-9-17(30-4)10-12-18)21(27)24-23-19(26)13-22-16-7-5-15(3)6-8-16/h5-12,14,20,22,25H,13H2,1-4H3,(H,23,26)(H,24,27)/t20-/m0/s1. The Bertz CT molecular complexity index is 989. The molecule has 168 valence electrons. The molecule has 0 saturated heterocycles. The molecule has 0 radical (unpaired) electrons. The maximum absolute atomic E-state index is 12.6. The molecule has 2 aromatic carbocycles. The van der Waals surface area contributed by atoms with Crippen molar-refractivity contribution in [3.8, 4) is 5.75 Å². The van der Waals surface area contributed by atoms with Gasteiger partial charge in [0.2, 0.25) is 10.0 Å². The summed E-state index contributed by atoms with van der Waals surface area (Å²) in [6, 6.07) is 12.2. The molecule has 0 aliphatic carbocycles. The molecule has 0 bridgehead atoms. The van der Waals surface area contributed by atoms with Crippen molar-refractivity contribution in [1.82, 2.24) is 15.6 Å². The highest BCUT2D eigenvalue weighted by molar-refractivity contribution is 7.89. The van der Waals surface area contributed by atoms with Crippen LogP contribution in [0.5, 0.6) is 5.75 Å². The third-order valence-corrected chi connectivity index (χ3v) is 5.89. The third-order valence-electron chi connectivity index (χ3n) is 4.43. The Morgan fingerprint density at radius 1 is 0.968 bits per heavy atom. The van der Waals surface area contributed by atoms with Crippen molar-refractivity contribution >= 4 is 27.5 Å². The van der Waals surface area contributed by atoms with Crippen molar-refractivity contribution in [1.29, 1.82) is 0 Å².